The Balaban J connectivity index is 1.54. The molecule has 3 heterocycles. The molecule has 0 radical (unpaired) electrons. The molecule has 11 nitrogen and oxygen atoms in total. The molecule has 3 fully saturated rings. The standard InChI is InChI=1S/C12H20N4O7S/c17-11(14-22-7-8-2-1-5-13-8)10-4-3-9-6-15(10)12(18)16(9)23-24(19,20)21/h8-10,13H,1-7H2,(H,14,17)(H,19,20,21)/t8?,9?,10-/m0/s1. The van der Waals surface area contributed by atoms with Gasteiger partial charge in [0.15, 0.2) is 0 Å². The van der Waals surface area contributed by atoms with Gasteiger partial charge in [-0.2, -0.15) is 13.5 Å². The highest BCUT2D eigenvalue weighted by atomic mass is 32.3. The Hall–Kier alpha value is -1.47. The molecule has 3 aliphatic heterocycles. The maximum atomic E-state index is 12.2. The Morgan fingerprint density at radius 2 is 2.17 bits per heavy atom. The van der Waals surface area contributed by atoms with Crippen LogP contribution >= 0.6 is 0 Å². The van der Waals surface area contributed by atoms with Crippen LogP contribution in [-0.2, 0) is 24.3 Å². The average molecular weight is 364 g/mol. The Kier molecular flexibility index (Phi) is 4.92. The minimum Gasteiger partial charge on any atom is -0.312 e. The van der Waals surface area contributed by atoms with Gasteiger partial charge >= 0.3 is 16.4 Å². The average Bonchev–Trinajstić information content (AvgIpc) is 3.10. The fourth-order valence-corrected chi connectivity index (χ4v) is 3.67. The summed E-state index contributed by atoms with van der Waals surface area (Å²) in [6.07, 6.45) is 2.77. The number of hydrogen-bond donors (Lipinski definition) is 3. The molecular weight excluding hydrogens is 344 g/mol. The van der Waals surface area contributed by atoms with Crippen molar-refractivity contribution in [2.24, 2.45) is 0 Å². The molecule has 0 saturated carbocycles. The van der Waals surface area contributed by atoms with Gasteiger partial charge in [0.25, 0.3) is 5.91 Å². The van der Waals surface area contributed by atoms with E-state index in [9.17, 15) is 18.0 Å². The van der Waals surface area contributed by atoms with E-state index in [-0.39, 0.29) is 12.6 Å². The van der Waals surface area contributed by atoms with Crippen molar-refractivity contribution in [2.75, 3.05) is 19.7 Å². The van der Waals surface area contributed by atoms with Crippen molar-refractivity contribution >= 4 is 22.3 Å². The van der Waals surface area contributed by atoms with E-state index in [4.69, 9.17) is 9.39 Å². The molecule has 0 aromatic rings. The molecule has 0 aliphatic carbocycles. The zero-order valence-electron chi connectivity index (χ0n) is 12.9. The number of piperidine rings is 1. The van der Waals surface area contributed by atoms with E-state index in [0.717, 1.165) is 19.4 Å². The molecule has 3 aliphatic rings. The minimum atomic E-state index is -4.79. The first-order valence-electron chi connectivity index (χ1n) is 7.77. The molecule has 3 amide bonds. The molecule has 0 aromatic carbocycles. The number of carbonyl (C=O) groups excluding carboxylic acids is 2. The molecule has 12 heteroatoms. The zero-order chi connectivity index (χ0) is 17.3. The molecule has 3 N–H and O–H groups in total. The fourth-order valence-electron chi connectivity index (χ4n) is 3.28. The summed E-state index contributed by atoms with van der Waals surface area (Å²) < 4.78 is 34.7. The normalized spacial score (nSPS) is 30.0. The lowest BCUT2D eigenvalue weighted by atomic mass is 10.0. The first kappa shape index (κ1) is 17.4. The summed E-state index contributed by atoms with van der Waals surface area (Å²) in [6, 6.07) is -1.85. The summed E-state index contributed by atoms with van der Waals surface area (Å²) in [5, 5.41) is 3.83. The van der Waals surface area contributed by atoms with E-state index in [1.165, 1.54) is 4.90 Å². The highest BCUT2D eigenvalue weighted by molar-refractivity contribution is 7.80. The van der Waals surface area contributed by atoms with Crippen LogP contribution in [0.25, 0.3) is 0 Å². The van der Waals surface area contributed by atoms with Gasteiger partial charge in [-0.3, -0.25) is 14.2 Å². The molecule has 136 valence electrons. The number of hydrogen-bond acceptors (Lipinski definition) is 7. The molecular formula is C12H20N4O7S. The summed E-state index contributed by atoms with van der Waals surface area (Å²) >= 11 is 0. The first-order chi connectivity index (χ1) is 11.3. The second kappa shape index (κ2) is 6.80. The molecule has 24 heavy (non-hydrogen) atoms. The monoisotopic (exact) mass is 364 g/mol. The van der Waals surface area contributed by atoms with Crippen molar-refractivity contribution in [3.8, 4) is 0 Å². The Morgan fingerprint density at radius 3 is 2.83 bits per heavy atom. The quantitative estimate of drug-likeness (QED) is 0.394. The van der Waals surface area contributed by atoms with E-state index in [2.05, 4.69) is 15.1 Å². The van der Waals surface area contributed by atoms with Crippen LogP contribution in [0.5, 0.6) is 0 Å². The van der Waals surface area contributed by atoms with Crippen LogP contribution in [0.1, 0.15) is 25.7 Å². The lowest BCUT2D eigenvalue weighted by Gasteiger charge is -2.29. The third-order valence-electron chi connectivity index (χ3n) is 4.42. The van der Waals surface area contributed by atoms with Crippen LogP contribution in [0.4, 0.5) is 4.79 Å². The summed E-state index contributed by atoms with van der Waals surface area (Å²) in [5.41, 5.74) is 2.35. The van der Waals surface area contributed by atoms with Gasteiger partial charge in [0.1, 0.15) is 6.04 Å². The van der Waals surface area contributed by atoms with E-state index in [0.29, 0.717) is 24.5 Å². The Morgan fingerprint density at radius 1 is 1.38 bits per heavy atom. The summed E-state index contributed by atoms with van der Waals surface area (Å²) in [7, 11) is -4.79. The second-order valence-electron chi connectivity index (χ2n) is 6.08. The number of fused-ring (bicyclic) bond motifs is 2. The summed E-state index contributed by atoms with van der Waals surface area (Å²) in [4.78, 5) is 30.8. The highest BCUT2D eigenvalue weighted by Gasteiger charge is 2.49. The van der Waals surface area contributed by atoms with Gasteiger partial charge in [-0.15, -0.1) is 4.28 Å². The largest absolute Gasteiger partial charge is 0.418 e. The summed E-state index contributed by atoms with van der Waals surface area (Å²) in [6.45, 7) is 1.42. The number of carbonyl (C=O) groups is 2. The number of amides is 3. The Bertz CT molecular complexity index is 607. The third-order valence-corrected chi connectivity index (χ3v) is 4.77. The number of urea groups is 1. The van der Waals surface area contributed by atoms with Crippen molar-refractivity contribution in [3.63, 3.8) is 0 Å². The molecule has 3 rings (SSSR count). The van der Waals surface area contributed by atoms with E-state index < -0.39 is 34.4 Å². The minimum absolute atomic E-state index is 0.149. The van der Waals surface area contributed by atoms with Crippen LogP contribution in [0.3, 0.4) is 0 Å². The lowest BCUT2D eigenvalue weighted by Crippen LogP contribution is -2.50. The second-order valence-corrected chi connectivity index (χ2v) is 7.09. The number of rotatable bonds is 6. The maximum Gasteiger partial charge on any atom is 0.418 e. The van der Waals surface area contributed by atoms with Gasteiger partial charge in [0, 0.05) is 12.6 Å². The molecule has 2 bridgehead atoms. The van der Waals surface area contributed by atoms with E-state index in [1.807, 2.05) is 0 Å². The van der Waals surface area contributed by atoms with Crippen molar-refractivity contribution in [1.29, 1.82) is 0 Å². The number of hydroxylamine groups is 3. The first-order valence-corrected chi connectivity index (χ1v) is 9.13. The van der Waals surface area contributed by atoms with E-state index in [1.54, 1.807) is 0 Å². The van der Waals surface area contributed by atoms with Crippen LogP contribution in [0.2, 0.25) is 0 Å². The molecule has 3 atom stereocenters. The summed E-state index contributed by atoms with van der Waals surface area (Å²) in [5.74, 6) is -0.464. The van der Waals surface area contributed by atoms with Crippen LogP contribution in [0.15, 0.2) is 0 Å². The van der Waals surface area contributed by atoms with Gasteiger partial charge in [-0.1, -0.05) is 0 Å². The van der Waals surface area contributed by atoms with Gasteiger partial charge in [0.05, 0.1) is 12.6 Å². The third kappa shape index (κ3) is 3.78. The Labute approximate surface area is 139 Å². The predicted octanol–water partition coefficient (Wildman–Crippen LogP) is -1.21. The number of nitrogens with one attached hydrogen (secondary N) is 2. The van der Waals surface area contributed by atoms with Gasteiger partial charge < -0.3 is 10.2 Å². The molecule has 3 saturated heterocycles. The van der Waals surface area contributed by atoms with Crippen molar-refractivity contribution < 1.29 is 31.7 Å². The van der Waals surface area contributed by atoms with Gasteiger partial charge in [0.2, 0.25) is 0 Å². The molecule has 0 aromatic heterocycles. The topological polar surface area (TPSA) is 138 Å². The van der Waals surface area contributed by atoms with Gasteiger partial charge in [-0.05, 0) is 32.2 Å². The van der Waals surface area contributed by atoms with Crippen LogP contribution < -0.4 is 10.8 Å². The van der Waals surface area contributed by atoms with Crippen molar-refractivity contribution in [2.45, 2.75) is 43.8 Å². The smallest absolute Gasteiger partial charge is 0.312 e. The fraction of sp³-hybridized carbons (Fsp3) is 0.833. The molecule has 2 unspecified atom stereocenters. The zero-order valence-corrected chi connectivity index (χ0v) is 13.7. The van der Waals surface area contributed by atoms with E-state index >= 15 is 0 Å². The SMILES string of the molecule is O=C(NOCC1CCCN1)[C@@H]1CCC2CN1C(=O)N2OS(=O)(=O)O. The van der Waals surface area contributed by atoms with Crippen LogP contribution in [-0.4, -0.2) is 72.7 Å². The van der Waals surface area contributed by atoms with Crippen molar-refractivity contribution in [3.05, 3.63) is 0 Å². The van der Waals surface area contributed by atoms with Crippen molar-refractivity contribution in [1.82, 2.24) is 20.8 Å². The predicted molar refractivity (Wildman–Crippen MR) is 78.5 cm³/mol. The number of nitrogens with zero attached hydrogens (tertiary/aromatic N) is 2. The molecule has 0 spiro atoms. The van der Waals surface area contributed by atoms with Crippen LogP contribution in [0, 0.1) is 0 Å². The highest BCUT2D eigenvalue weighted by Crippen LogP contribution is 2.30. The maximum absolute atomic E-state index is 12.2. The lowest BCUT2D eigenvalue weighted by molar-refractivity contribution is -0.139. The van der Waals surface area contributed by atoms with Gasteiger partial charge in [-0.25, -0.2) is 10.3 Å².